The van der Waals surface area contributed by atoms with E-state index >= 15 is 0 Å². The van der Waals surface area contributed by atoms with E-state index < -0.39 is 0 Å². The summed E-state index contributed by atoms with van der Waals surface area (Å²) in [7, 11) is 0. The van der Waals surface area contributed by atoms with Crippen LogP contribution in [0, 0.1) is 5.92 Å². The van der Waals surface area contributed by atoms with Crippen molar-refractivity contribution in [2.45, 2.75) is 33.6 Å². The van der Waals surface area contributed by atoms with Crippen molar-refractivity contribution in [3.63, 3.8) is 0 Å². The minimum Gasteiger partial charge on any atom is -0.299 e. The molecule has 1 heterocycles. The lowest BCUT2D eigenvalue weighted by molar-refractivity contribution is -0.119. The van der Waals surface area contributed by atoms with E-state index in [1.807, 2.05) is 44.2 Å². The number of ketones is 2. The second kappa shape index (κ2) is 5.53. The molecule has 20 heavy (non-hydrogen) atoms. The van der Waals surface area contributed by atoms with Gasteiger partial charge in [-0.15, -0.1) is 0 Å². The Balaban J connectivity index is 2.65. The van der Waals surface area contributed by atoms with Gasteiger partial charge in [0, 0.05) is 22.9 Å². The number of allylic oxidation sites excluding steroid dienone is 2. The SMILES string of the molecule is CC(=O)C1=C(C)N=C(C)C(C(C)=O)[C@H]1c1ccccc1. The van der Waals surface area contributed by atoms with E-state index in [1.165, 1.54) is 0 Å². The normalized spacial score (nSPS) is 22.5. The average molecular weight is 269 g/mol. The van der Waals surface area contributed by atoms with Crippen LogP contribution in [-0.4, -0.2) is 17.3 Å². The van der Waals surface area contributed by atoms with Crippen LogP contribution in [-0.2, 0) is 9.59 Å². The molecular formula is C17H19NO2. The molecule has 3 heteroatoms. The maximum atomic E-state index is 12.1. The van der Waals surface area contributed by atoms with Gasteiger partial charge in [0.05, 0.1) is 5.92 Å². The molecule has 0 aliphatic carbocycles. The van der Waals surface area contributed by atoms with E-state index in [0.717, 1.165) is 17.0 Å². The Morgan fingerprint density at radius 3 is 2.15 bits per heavy atom. The number of aliphatic imine (C=N–C) groups is 1. The van der Waals surface area contributed by atoms with Gasteiger partial charge in [0.15, 0.2) is 5.78 Å². The number of hydrogen-bond acceptors (Lipinski definition) is 3. The summed E-state index contributed by atoms with van der Waals surface area (Å²) in [6.45, 7) is 6.81. The highest BCUT2D eigenvalue weighted by Gasteiger charge is 2.37. The largest absolute Gasteiger partial charge is 0.299 e. The average Bonchev–Trinajstić information content (AvgIpc) is 2.37. The zero-order valence-electron chi connectivity index (χ0n) is 12.3. The maximum absolute atomic E-state index is 12.1. The Labute approximate surface area is 119 Å². The van der Waals surface area contributed by atoms with Crippen molar-refractivity contribution in [2.24, 2.45) is 10.9 Å². The van der Waals surface area contributed by atoms with Crippen molar-refractivity contribution in [3.05, 3.63) is 47.2 Å². The van der Waals surface area contributed by atoms with Gasteiger partial charge in [-0.2, -0.15) is 0 Å². The number of carbonyl (C=O) groups excluding carboxylic acids is 2. The molecule has 3 nitrogen and oxygen atoms in total. The van der Waals surface area contributed by atoms with Crippen LogP contribution in [0.4, 0.5) is 0 Å². The van der Waals surface area contributed by atoms with Gasteiger partial charge in [0.25, 0.3) is 0 Å². The van der Waals surface area contributed by atoms with Crippen LogP contribution in [0.2, 0.25) is 0 Å². The summed E-state index contributed by atoms with van der Waals surface area (Å²) in [5, 5.41) is 0. The van der Waals surface area contributed by atoms with E-state index in [1.54, 1.807) is 13.8 Å². The molecule has 0 amide bonds. The Morgan fingerprint density at radius 2 is 1.65 bits per heavy atom. The fourth-order valence-electron chi connectivity index (χ4n) is 3.05. The number of carbonyl (C=O) groups is 2. The van der Waals surface area contributed by atoms with Crippen molar-refractivity contribution in [3.8, 4) is 0 Å². The van der Waals surface area contributed by atoms with E-state index in [4.69, 9.17) is 0 Å². The molecule has 0 N–H and O–H groups in total. The van der Waals surface area contributed by atoms with Crippen molar-refractivity contribution in [2.75, 3.05) is 0 Å². The number of Topliss-reactive ketones (excluding diaryl/α,β-unsaturated/α-hetero) is 2. The van der Waals surface area contributed by atoms with Gasteiger partial charge < -0.3 is 0 Å². The quantitative estimate of drug-likeness (QED) is 0.845. The van der Waals surface area contributed by atoms with Gasteiger partial charge in [-0.25, -0.2) is 0 Å². The number of benzene rings is 1. The Bertz CT molecular complexity index is 611. The van der Waals surface area contributed by atoms with Crippen LogP contribution in [0.25, 0.3) is 0 Å². The molecule has 104 valence electrons. The van der Waals surface area contributed by atoms with Gasteiger partial charge in [-0.1, -0.05) is 30.3 Å². The molecule has 0 saturated carbocycles. The highest BCUT2D eigenvalue weighted by atomic mass is 16.1. The summed E-state index contributed by atoms with van der Waals surface area (Å²) in [5.74, 6) is -0.533. The predicted octanol–water partition coefficient (Wildman–Crippen LogP) is 3.31. The molecule has 0 spiro atoms. The van der Waals surface area contributed by atoms with Gasteiger partial charge in [0.2, 0.25) is 0 Å². The van der Waals surface area contributed by atoms with Crippen LogP contribution in [0.1, 0.15) is 39.2 Å². The van der Waals surface area contributed by atoms with Crippen molar-refractivity contribution in [1.29, 1.82) is 0 Å². The number of rotatable bonds is 3. The molecule has 1 aromatic rings. The first-order valence-corrected chi connectivity index (χ1v) is 6.75. The summed E-state index contributed by atoms with van der Waals surface area (Å²) in [6.07, 6.45) is 0. The number of nitrogens with zero attached hydrogens (tertiary/aromatic N) is 1. The molecule has 1 aliphatic heterocycles. The van der Waals surface area contributed by atoms with Gasteiger partial charge in [0.1, 0.15) is 5.78 Å². The highest BCUT2D eigenvalue weighted by molar-refractivity contribution is 6.09. The first-order chi connectivity index (χ1) is 9.43. The van der Waals surface area contributed by atoms with Gasteiger partial charge >= 0.3 is 0 Å². The third-order valence-electron chi connectivity index (χ3n) is 3.80. The van der Waals surface area contributed by atoms with Crippen molar-refractivity contribution in [1.82, 2.24) is 0 Å². The Morgan fingerprint density at radius 1 is 1.05 bits per heavy atom. The van der Waals surface area contributed by atoms with E-state index in [-0.39, 0.29) is 23.4 Å². The van der Waals surface area contributed by atoms with Crippen LogP contribution in [0.5, 0.6) is 0 Å². The summed E-state index contributed by atoms with van der Waals surface area (Å²) in [6, 6.07) is 9.73. The van der Waals surface area contributed by atoms with Crippen molar-refractivity contribution < 1.29 is 9.59 Å². The zero-order chi connectivity index (χ0) is 14.9. The zero-order valence-corrected chi connectivity index (χ0v) is 12.3. The summed E-state index contributed by atoms with van der Waals surface area (Å²) in [4.78, 5) is 28.5. The molecular weight excluding hydrogens is 250 g/mol. The molecule has 0 radical (unpaired) electrons. The van der Waals surface area contributed by atoms with Gasteiger partial charge in [-0.3, -0.25) is 14.6 Å². The fourth-order valence-corrected chi connectivity index (χ4v) is 3.05. The highest BCUT2D eigenvalue weighted by Crippen LogP contribution is 2.39. The van der Waals surface area contributed by atoms with E-state index in [9.17, 15) is 9.59 Å². The van der Waals surface area contributed by atoms with Crippen LogP contribution >= 0.6 is 0 Å². The van der Waals surface area contributed by atoms with Gasteiger partial charge in [-0.05, 0) is 33.3 Å². The second-order valence-corrected chi connectivity index (χ2v) is 5.29. The second-order valence-electron chi connectivity index (χ2n) is 5.29. The molecule has 0 fully saturated rings. The molecule has 1 aliphatic rings. The molecule has 2 rings (SSSR count). The van der Waals surface area contributed by atoms with Crippen molar-refractivity contribution >= 4 is 17.3 Å². The Kier molecular flexibility index (Phi) is 3.98. The predicted molar refractivity (Wildman–Crippen MR) is 79.8 cm³/mol. The molecule has 0 saturated heterocycles. The lowest BCUT2D eigenvalue weighted by Crippen LogP contribution is -2.33. The summed E-state index contributed by atoms with van der Waals surface area (Å²) < 4.78 is 0. The maximum Gasteiger partial charge on any atom is 0.158 e. The minimum atomic E-state index is -0.347. The minimum absolute atomic E-state index is 0.0150. The molecule has 1 unspecified atom stereocenters. The third kappa shape index (κ3) is 2.48. The first kappa shape index (κ1) is 14.4. The third-order valence-corrected chi connectivity index (χ3v) is 3.80. The van der Waals surface area contributed by atoms with Crippen LogP contribution < -0.4 is 0 Å². The monoisotopic (exact) mass is 269 g/mol. The summed E-state index contributed by atoms with van der Waals surface area (Å²) in [5.41, 5.74) is 3.16. The molecule has 2 atom stereocenters. The molecule has 0 aromatic heterocycles. The standard InChI is InChI=1S/C17H19NO2/c1-10-15(12(3)19)17(14-8-6-5-7-9-14)16(13(4)20)11(2)18-10/h5-9,15,17H,1-4H3/t15?,17-/m1/s1. The Hall–Kier alpha value is -2.03. The topological polar surface area (TPSA) is 46.5 Å². The van der Waals surface area contributed by atoms with E-state index in [0.29, 0.717) is 5.57 Å². The smallest absolute Gasteiger partial charge is 0.158 e. The fraction of sp³-hybridized carbons (Fsp3) is 0.353. The van der Waals surface area contributed by atoms with Crippen LogP contribution in [0.3, 0.4) is 0 Å². The molecule has 0 bridgehead atoms. The molecule has 1 aromatic carbocycles. The lowest BCUT2D eigenvalue weighted by atomic mass is 9.73. The first-order valence-electron chi connectivity index (χ1n) is 6.75. The van der Waals surface area contributed by atoms with Crippen LogP contribution in [0.15, 0.2) is 46.6 Å². The summed E-state index contributed by atoms with van der Waals surface area (Å²) >= 11 is 0. The van der Waals surface area contributed by atoms with E-state index in [2.05, 4.69) is 4.99 Å². The lowest BCUT2D eigenvalue weighted by Gasteiger charge is -2.31. The number of hydrogen-bond donors (Lipinski definition) is 0.